The van der Waals surface area contributed by atoms with E-state index in [1.807, 2.05) is 35.3 Å². The van der Waals surface area contributed by atoms with Gasteiger partial charge in [-0.05, 0) is 30.5 Å². The van der Waals surface area contributed by atoms with Gasteiger partial charge in [-0.3, -0.25) is 4.68 Å². The van der Waals surface area contributed by atoms with Crippen molar-refractivity contribution in [2.24, 2.45) is 0 Å². The zero-order valence-electron chi connectivity index (χ0n) is 12.7. The smallest absolute Gasteiger partial charge is 0.0745 e. The Labute approximate surface area is 129 Å². The maximum atomic E-state index is 9.25. The van der Waals surface area contributed by atoms with Gasteiger partial charge in [0.25, 0.3) is 0 Å². The van der Waals surface area contributed by atoms with E-state index < -0.39 is 0 Å². The first kappa shape index (κ1) is 14.5. The predicted molar refractivity (Wildman–Crippen MR) is 88.7 cm³/mol. The van der Waals surface area contributed by atoms with Crippen molar-refractivity contribution < 1.29 is 5.11 Å². The highest BCUT2D eigenvalue weighted by Gasteiger charge is 2.09. The number of aryl methyl sites for hydroxylation is 1. The molecule has 22 heavy (non-hydrogen) atoms. The normalized spacial score (nSPS) is 11.0. The summed E-state index contributed by atoms with van der Waals surface area (Å²) < 4.78 is 1.84. The largest absolute Gasteiger partial charge is 0.396 e. The first-order chi connectivity index (χ1) is 10.7. The second-order valence-corrected chi connectivity index (χ2v) is 5.35. The van der Waals surface area contributed by atoms with Gasteiger partial charge in [0.15, 0.2) is 0 Å². The van der Waals surface area contributed by atoms with E-state index in [0.29, 0.717) is 13.0 Å². The van der Waals surface area contributed by atoms with Crippen LogP contribution in [0.2, 0.25) is 0 Å². The number of rotatable bonds is 5. The van der Waals surface area contributed by atoms with Crippen molar-refractivity contribution in [1.29, 1.82) is 0 Å². The molecule has 3 rings (SSSR count). The Balaban J connectivity index is 2.13. The lowest BCUT2D eigenvalue weighted by Crippen LogP contribution is -1.96. The van der Waals surface area contributed by atoms with Gasteiger partial charge in [0.1, 0.15) is 0 Å². The van der Waals surface area contributed by atoms with Gasteiger partial charge in [-0.1, -0.05) is 24.3 Å². The van der Waals surface area contributed by atoms with E-state index in [0.717, 1.165) is 27.7 Å². The minimum atomic E-state index is 0.126. The lowest BCUT2D eigenvalue weighted by molar-refractivity contribution is 0.300. The first-order valence-corrected chi connectivity index (χ1v) is 7.36. The summed E-state index contributed by atoms with van der Waals surface area (Å²) in [4.78, 5) is 4.81. The van der Waals surface area contributed by atoms with Gasteiger partial charge in [-0.2, -0.15) is 5.10 Å². The summed E-state index contributed by atoms with van der Waals surface area (Å²) in [6.45, 7) is 6.62. The zero-order chi connectivity index (χ0) is 15.5. The highest BCUT2D eigenvalue weighted by Crippen LogP contribution is 2.26. The van der Waals surface area contributed by atoms with Crippen LogP contribution in [0.4, 0.5) is 0 Å². The molecule has 0 spiro atoms. The highest BCUT2D eigenvalue weighted by molar-refractivity contribution is 5.87. The van der Waals surface area contributed by atoms with Crippen molar-refractivity contribution in [3.63, 3.8) is 0 Å². The van der Waals surface area contributed by atoms with E-state index in [9.17, 15) is 5.11 Å². The summed E-state index contributed by atoms with van der Waals surface area (Å²) in [6.07, 6.45) is 6.23. The summed E-state index contributed by atoms with van der Waals surface area (Å²) >= 11 is 0. The number of hydrogen-bond acceptors (Lipinski definition) is 3. The van der Waals surface area contributed by atoms with Crippen LogP contribution in [0.15, 0.2) is 49.3 Å². The van der Waals surface area contributed by atoms with Gasteiger partial charge >= 0.3 is 0 Å². The molecular weight excluding hydrogens is 274 g/mol. The van der Waals surface area contributed by atoms with Crippen LogP contribution < -0.4 is 0 Å². The molecule has 0 atom stereocenters. The number of aromatic nitrogens is 3. The van der Waals surface area contributed by atoms with Gasteiger partial charge in [0, 0.05) is 23.8 Å². The molecule has 4 heteroatoms. The second-order valence-electron chi connectivity index (χ2n) is 5.35. The molecule has 2 aromatic heterocycles. The van der Waals surface area contributed by atoms with Gasteiger partial charge in [-0.15, -0.1) is 6.58 Å². The number of aliphatic hydroxyl groups is 1. The average Bonchev–Trinajstić information content (AvgIpc) is 2.97. The van der Waals surface area contributed by atoms with Crippen LogP contribution in [-0.4, -0.2) is 26.5 Å². The van der Waals surface area contributed by atoms with Crippen LogP contribution in [0.25, 0.3) is 22.2 Å². The molecule has 0 aliphatic heterocycles. The van der Waals surface area contributed by atoms with E-state index in [4.69, 9.17) is 4.98 Å². The van der Waals surface area contributed by atoms with Crippen LogP contribution in [0.5, 0.6) is 0 Å². The summed E-state index contributed by atoms with van der Waals surface area (Å²) in [6, 6.07) is 8.20. The SMILES string of the molecule is C=CCn1cc(-c2cc(C)c3cccc(CCO)c3n2)cn1. The van der Waals surface area contributed by atoms with Gasteiger partial charge < -0.3 is 5.11 Å². The van der Waals surface area contributed by atoms with E-state index in [-0.39, 0.29) is 6.61 Å². The second kappa shape index (κ2) is 6.12. The van der Waals surface area contributed by atoms with Crippen LogP contribution in [-0.2, 0) is 13.0 Å². The topological polar surface area (TPSA) is 50.9 Å². The molecule has 0 aliphatic rings. The van der Waals surface area contributed by atoms with Crippen molar-refractivity contribution >= 4 is 10.9 Å². The van der Waals surface area contributed by atoms with Crippen LogP contribution in [0, 0.1) is 6.92 Å². The molecule has 3 aromatic rings. The number of hydrogen-bond donors (Lipinski definition) is 1. The van der Waals surface area contributed by atoms with E-state index in [1.54, 1.807) is 0 Å². The lowest BCUT2D eigenvalue weighted by Gasteiger charge is -2.09. The number of aliphatic hydroxyl groups excluding tert-OH is 1. The fraction of sp³-hybridized carbons (Fsp3) is 0.222. The zero-order valence-corrected chi connectivity index (χ0v) is 12.7. The Morgan fingerprint density at radius 2 is 2.23 bits per heavy atom. The maximum absolute atomic E-state index is 9.25. The molecule has 1 N–H and O–H groups in total. The number of benzene rings is 1. The van der Waals surface area contributed by atoms with E-state index >= 15 is 0 Å². The highest BCUT2D eigenvalue weighted by atomic mass is 16.2. The first-order valence-electron chi connectivity index (χ1n) is 7.36. The van der Waals surface area contributed by atoms with Crippen LogP contribution in [0.1, 0.15) is 11.1 Å². The van der Waals surface area contributed by atoms with Gasteiger partial charge in [-0.25, -0.2) is 4.98 Å². The van der Waals surface area contributed by atoms with Crippen molar-refractivity contribution in [3.8, 4) is 11.3 Å². The monoisotopic (exact) mass is 293 g/mol. The minimum absolute atomic E-state index is 0.126. The Morgan fingerprint density at radius 3 is 3.00 bits per heavy atom. The molecular formula is C18H19N3O. The number of allylic oxidation sites excluding steroid dienone is 1. The number of pyridine rings is 1. The molecule has 0 saturated carbocycles. The molecule has 0 radical (unpaired) electrons. The standard InChI is InChI=1S/C18H19N3O/c1-3-8-21-12-15(11-19-21)17-10-13(2)16-6-4-5-14(7-9-22)18(16)20-17/h3-6,10-12,22H,1,7-9H2,2H3. The fourth-order valence-electron chi connectivity index (χ4n) is 2.68. The molecule has 0 amide bonds. The van der Waals surface area contributed by atoms with Crippen molar-refractivity contribution in [2.75, 3.05) is 6.61 Å². The Hall–Kier alpha value is -2.46. The Bertz CT molecular complexity index is 820. The molecule has 0 fully saturated rings. The molecule has 0 bridgehead atoms. The Morgan fingerprint density at radius 1 is 1.36 bits per heavy atom. The van der Waals surface area contributed by atoms with Crippen molar-refractivity contribution in [3.05, 3.63) is 60.4 Å². The van der Waals surface area contributed by atoms with Crippen LogP contribution >= 0.6 is 0 Å². The Kier molecular flexibility index (Phi) is 4.02. The summed E-state index contributed by atoms with van der Waals surface area (Å²) in [5.41, 5.74) is 5.11. The molecule has 0 unspecified atom stereocenters. The predicted octanol–water partition coefficient (Wildman–Crippen LogP) is 3.13. The molecule has 0 aliphatic carbocycles. The van der Waals surface area contributed by atoms with E-state index in [1.165, 1.54) is 5.56 Å². The number of nitrogens with zero attached hydrogens (tertiary/aromatic N) is 3. The molecule has 1 aromatic carbocycles. The fourth-order valence-corrected chi connectivity index (χ4v) is 2.68. The maximum Gasteiger partial charge on any atom is 0.0745 e. The lowest BCUT2D eigenvalue weighted by atomic mass is 10.0. The van der Waals surface area contributed by atoms with Gasteiger partial charge in [0.2, 0.25) is 0 Å². The third-order valence-electron chi connectivity index (χ3n) is 3.76. The third-order valence-corrected chi connectivity index (χ3v) is 3.76. The van der Waals surface area contributed by atoms with Crippen molar-refractivity contribution in [1.82, 2.24) is 14.8 Å². The van der Waals surface area contributed by atoms with Gasteiger partial charge in [0.05, 0.1) is 24.0 Å². The minimum Gasteiger partial charge on any atom is -0.396 e. The van der Waals surface area contributed by atoms with Crippen LogP contribution in [0.3, 0.4) is 0 Å². The summed E-state index contributed by atoms with van der Waals surface area (Å²) in [5, 5.41) is 14.7. The average molecular weight is 293 g/mol. The number of para-hydroxylation sites is 1. The molecule has 112 valence electrons. The quantitative estimate of drug-likeness (QED) is 0.735. The van der Waals surface area contributed by atoms with E-state index in [2.05, 4.69) is 30.7 Å². The van der Waals surface area contributed by atoms with Crippen molar-refractivity contribution in [2.45, 2.75) is 19.9 Å². The third kappa shape index (κ3) is 2.65. The molecule has 0 saturated heterocycles. The molecule has 4 nitrogen and oxygen atoms in total. The summed E-state index contributed by atoms with van der Waals surface area (Å²) in [7, 11) is 0. The number of fused-ring (bicyclic) bond motifs is 1. The summed E-state index contributed by atoms with van der Waals surface area (Å²) in [5.74, 6) is 0. The molecule has 2 heterocycles.